The van der Waals surface area contributed by atoms with Crippen molar-refractivity contribution in [2.45, 2.75) is 38.3 Å². The molecule has 0 aliphatic carbocycles. The van der Waals surface area contributed by atoms with Crippen LogP contribution in [0.25, 0.3) is 0 Å². The van der Waals surface area contributed by atoms with E-state index in [1.54, 1.807) is 0 Å². The lowest BCUT2D eigenvalue weighted by Gasteiger charge is -2.36. The Hall–Kier alpha value is -1.75. The molecule has 3 rings (SSSR count). The molecule has 2 aliphatic rings. The summed E-state index contributed by atoms with van der Waals surface area (Å²) in [6.07, 6.45) is 4.79. The highest BCUT2D eigenvalue weighted by Crippen LogP contribution is 2.24. The highest BCUT2D eigenvalue weighted by molar-refractivity contribution is 5.74. The van der Waals surface area contributed by atoms with E-state index < -0.39 is 0 Å². The Labute approximate surface area is 145 Å². The summed E-state index contributed by atoms with van der Waals surface area (Å²) in [7, 11) is 4.19. The molecule has 1 atom stereocenters. The summed E-state index contributed by atoms with van der Waals surface area (Å²) in [6, 6.07) is 9.00. The summed E-state index contributed by atoms with van der Waals surface area (Å²) in [6.45, 7) is 4.55. The normalized spacial score (nSPS) is 21.4. The minimum absolute atomic E-state index is 0.0674. The minimum atomic E-state index is 0.0674. The van der Waals surface area contributed by atoms with E-state index in [0.29, 0.717) is 12.6 Å². The standard InChI is InChI=1S/C19H30N4O/c1-21(2)17-9-7-13-23(15-17)19(24)20-14-16-8-3-4-10-18(16)22-11-5-6-12-22/h3-4,8,10,17H,5-7,9,11-15H2,1-2H3,(H,20,24)/t17-/m1/s1. The summed E-state index contributed by atoms with van der Waals surface area (Å²) >= 11 is 0. The van der Waals surface area contributed by atoms with Gasteiger partial charge < -0.3 is 20.0 Å². The summed E-state index contributed by atoms with van der Waals surface area (Å²) in [5.41, 5.74) is 2.49. The second-order valence-corrected chi connectivity index (χ2v) is 7.19. The third kappa shape index (κ3) is 4.01. The Morgan fingerprint density at radius 1 is 1.17 bits per heavy atom. The minimum Gasteiger partial charge on any atom is -0.371 e. The van der Waals surface area contributed by atoms with Gasteiger partial charge in [-0.2, -0.15) is 0 Å². The Balaban J connectivity index is 1.58. The topological polar surface area (TPSA) is 38.8 Å². The molecule has 0 bridgehead atoms. The number of hydrogen-bond acceptors (Lipinski definition) is 3. The lowest BCUT2D eigenvalue weighted by molar-refractivity contribution is 0.140. The van der Waals surface area contributed by atoms with Crippen LogP contribution in [-0.2, 0) is 6.54 Å². The van der Waals surface area contributed by atoms with Crippen molar-refractivity contribution in [3.63, 3.8) is 0 Å². The molecule has 1 aromatic carbocycles. The molecule has 2 amide bonds. The van der Waals surface area contributed by atoms with E-state index in [4.69, 9.17) is 0 Å². The fourth-order valence-corrected chi connectivity index (χ4v) is 3.77. The summed E-state index contributed by atoms with van der Waals surface area (Å²) < 4.78 is 0. The number of para-hydroxylation sites is 1. The van der Waals surface area contributed by atoms with Gasteiger partial charge >= 0.3 is 6.03 Å². The van der Waals surface area contributed by atoms with Gasteiger partial charge in [-0.05, 0) is 51.4 Å². The maximum Gasteiger partial charge on any atom is 0.317 e. The zero-order chi connectivity index (χ0) is 16.9. The van der Waals surface area contributed by atoms with Crippen LogP contribution in [0.1, 0.15) is 31.2 Å². The Kier molecular flexibility index (Phi) is 5.61. The highest BCUT2D eigenvalue weighted by atomic mass is 16.2. The van der Waals surface area contributed by atoms with Gasteiger partial charge in [-0.3, -0.25) is 0 Å². The van der Waals surface area contributed by atoms with Gasteiger partial charge in [0, 0.05) is 44.5 Å². The third-order valence-corrected chi connectivity index (χ3v) is 5.28. The molecule has 5 nitrogen and oxygen atoms in total. The van der Waals surface area contributed by atoms with Crippen molar-refractivity contribution in [3.05, 3.63) is 29.8 Å². The van der Waals surface area contributed by atoms with Crippen LogP contribution in [0.3, 0.4) is 0 Å². The molecule has 2 aliphatic heterocycles. The number of benzene rings is 1. The van der Waals surface area contributed by atoms with Gasteiger partial charge in [0.15, 0.2) is 0 Å². The summed E-state index contributed by atoms with van der Waals surface area (Å²) in [5, 5.41) is 3.13. The number of amides is 2. The van der Waals surface area contributed by atoms with Crippen molar-refractivity contribution in [1.29, 1.82) is 0 Å². The molecule has 0 spiro atoms. The number of likely N-dealkylation sites (N-methyl/N-ethyl adjacent to an activating group) is 1. The molecule has 1 N–H and O–H groups in total. The molecule has 0 radical (unpaired) electrons. The lowest BCUT2D eigenvalue weighted by atomic mass is 10.1. The van der Waals surface area contributed by atoms with E-state index in [-0.39, 0.29) is 6.03 Å². The van der Waals surface area contributed by atoms with Gasteiger partial charge in [-0.25, -0.2) is 4.79 Å². The Morgan fingerprint density at radius 3 is 2.67 bits per heavy atom. The number of carbonyl (C=O) groups excluding carboxylic acids is 1. The summed E-state index contributed by atoms with van der Waals surface area (Å²) in [4.78, 5) is 19.2. The largest absolute Gasteiger partial charge is 0.371 e. The number of piperidine rings is 1. The number of hydrogen-bond donors (Lipinski definition) is 1. The molecule has 0 unspecified atom stereocenters. The van der Waals surface area contributed by atoms with E-state index in [9.17, 15) is 4.79 Å². The molecule has 132 valence electrons. The second kappa shape index (κ2) is 7.88. The van der Waals surface area contributed by atoms with E-state index in [1.807, 2.05) is 4.90 Å². The fraction of sp³-hybridized carbons (Fsp3) is 0.632. The van der Waals surface area contributed by atoms with Crippen LogP contribution in [-0.4, -0.2) is 62.1 Å². The van der Waals surface area contributed by atoms with Crippen molar-refractivity contribution < 1.29 is 4.79 Å². The third-order valence-electron chi connectivity index (χ3n) is 5.28. The van der Waals surface area contributed by atoms with Crippen molar-refractivity contribution in [2.75, 3.05) is 45.2 Å². The number of anilines is 1. The monoisotopic (exact) mass is 330 g/mol. The van der Waals surface area contributed by atoms with Gasteiger partial charge in [0.2, 0.25) is 0 Å². The maximum absolute atomic E-state index is 12.6. The molecule has 0 aromatic heterocycles. The van der Waals surface area contributed by atoms with Gasteiger partial charge in [0.1, 0.15) is 0 Å². The first-order chi connectivity index (χ1) is 11.6. The zero-order valence-electron chi connectivity index (χ0n) is 15.0. The van der Waals surface area contributed by atoms with Crippen molar-refractivity contribution in [2.24, 2.45) is 0 Å². The van der Waals surface area contributed by atoms with Crippen LogP contribution in [0, 0.1) is 0 Å². The van der Waals surface area contributed by atoms with Crippen LogP contribution < -0.4 is 10.2 Å². The average Bonchev–Trinajstić information content (AvgIpc) is 3.14. The van der Waals surface area contributed by atoms with Crippen LogP contribution >= 0.6 is 0 Å². The maximum atomic E-state index is 12.6. The number of nitrogens with one attached hydrogen (secondary N) is 1. The quantitative estimate of drug-likeness (QED) is 0.922. The van der Waals surface area contributed by atoms with Crippen LogP contribution in [0.5, 0.6) is 0 Å². The smallest absolute Gasteiger partial charge is 0.317 e. The van der Waals surface area contributed by atoms with Crippen LogP contribution in [0.4, 0.5) is 10.5 Å². The first-order valence-electron chi connectivity index (χ1n) is 9.17. The SMILES string of the molecule is CN(C)[C@@H]1CCCN(C(=O)NCc2ccccc2N2CCCC2)C1. The molecule has 2 saturated heterocycles. The van der Waals surface area contributed by atoms with E-state index in [0.717, 1.165) is 32.6 Å². The fourth-order valence-electron chi connectivity index (χ4n) is 3.77. The number of likely N-dealkylation sites (tertiary alicyclic amines) is 1. The lowest BCUT2D eigenvalue weighted by Crippen LogP contribution is -2.50. The number of rotatable bonds is 4. The molecular formula is C19H30N4O. The Bertz CT molecular complexity index is 554. The van der Waals surface area contributed by atoms with Gasteiger partial charge in [-0.1, -0.05) is 18.2 Å². The molecular weight excluding hydrogens is 300 g/mol. The Morgan fingerprint density at radius 2 is 1.92 bits per heavy atom. The van der Waals surface area contributed by atoms with Crippen LogP contribution in [0.2, 0.25) is 0 Å². The molecule has 5 heteroatoms. The van der Waals surface area contributed by atoms with Gasteiger partial charge in [-0.15, -0.1) is 0 Å². The zero-order valence-corrected chi connectivity index (χ0v) is 15.0. The number of nitrogens with zero attached hydrogens (tertiary/aromatic N) is 3. The van der Waals surface area contributed by atoms with Crippen molar-refractivity contribution in [3.8, 4) is 0 Å². The van der Waals surface area contributed by atoms with E-state index >= 15 is 0 Å². The predicted molar refractivity (Wildman–Crippen MR) is 98.4 cm³/mol. The summed E-state index contributed by atoms with van der Waals surface area (Å²) in [5.74, 6) is 0. The number of urea groups is 1. The van der Waals surface area contributed by atoms with Gasteiger partial charge in [0.05, 0.1) is 0 Å². The van der Waals surface area contributed by atoms with Crippen LogP contribution in [0.15, 0.2) is 24.3 Å². The van der Waals surface area contributed by atoms with Crippen molar-refractivity contribution >= 4 is 11.7 Å². The average molecular weight is 330 g/mol. The predicted octanol–water partition coefficient (Wildman–Crippen LogP) is 2.52. The highest BCUT2D eigenvalue weighted by Gasteiger charge is 2.25. The van der Waals surface area contributed by atoms with E-state index in [2.05, 4.69) is 53.5 Å². The van der Waals surface area contributed by atoms with Crippen molar-refractivity contribution in [1.82, 2.24) is 15.1 Å². The van der Waals surface area contributed by atoms with Gasteiger partial charge in [0.25, 0.3) is 0 Å². The number of carbonyl (C=O) groups is 1. The second-order valence-electron chi connectivity index (χ2n) is 7.19. The van der Waals surface area contributed by atoms with E-state index in [1.165, 1.54) is 30.5 Å². The molecule has 2 heterocycles. The molecule has 0 saturated carbocycles. The molecule has 1 aromatic rings. The molecule has 24 heavy (non-hydrogen) atoms. The first-order valence-corrected chi connectivity index (χ1v) is 9.17. The molecule has 2 fully saturated rings. The first kappa shape index (κ1) is 17.1.